The van der Waals surface area contributed by atoms with Gasteiger partial charge in [0.25, 0.3) is 0 Å². The van der Waals surface area contributed by atoms with Crippen molar-refractivity contribution in [3.05, 3.63) is 42.7 Å². The zero-order chi connectivity index (χ0) is 16.1. The molecule has 1 aromatic carbocycles. The number of benzene rings is 1. The average molecular weight is 312 g/mol. The third kappa shape index (κ3) is 4.34. The lowest BCUT2D eigenvalue weighted by atomic mass is 9.83. The normalized spacial score (nSPS) is 20.9. The minimum Gasteiger partial charge on any atom is -0.338 e. The van der Waals surface area contributed by atoms with Crippen molar-refractivity contribution in [1.82, 2.24) is 15.1 Å². The molecule has 1 fully saturated rings. The topological polar surface area (TPSA) is 59.0 Å². The van der Waals surface area contributed by atoms with Crippen molar-refractivity contribution in [2.75, 3.05) is 11.9 Å². The summed E-state index contributed by atoms with van der Waals surface area (Å²) in [6.45, 7) is 3.06. The monoisotopic (exact) mass is 312 g/mol. The fourth-order valence-corrected chi connectivity index (χ4v) is 3.05. The predicted molar refractivity (Wildman–Crippen MR) is 91.7 cm³/mol. The molecule has 2 amide bonds. The van der Waals surface area contributed by atoms with E-state index in [1.807, 2.05) is 36.5 Å². The number of carbonyl (C=O) groups is 1. The molecule has 0 radical (unpaired) electrons. The smallest absolute Gasteiger partial charge is 0.319 e. The van der Waals surface area contributed by atoms with Crippen molar-refractivity contribution in [2.45, 2.75) is 32.6 Å². The zero-order valence-electron chi connectivity index (χ0n) is 13.5. The van der Waals surface area contributed by atoms with Gasteiger partial charge in [0.1, 0.15) is 0 Å². The molecule has 0 atom stereocenters. The Morgan fingerprint density at radius 3 is 2.70 bits per heavy atom. The summed E-state index contributed by atoms with van der Waals surface area (Å²) in [5.74, 6) is 1.45. The molecule has 5 heteroatoms. The summed E-state index contributed by atoms with van der Waals surface area (Å²) < 4.78 is 1.75. The number of para-hydroxylation sites is 1. The lowest BCUT2D eigenvalue weighted by molar-refractivity contribution is 0.243. The van der Waals surface area contributed by atoms with E-state index in [2.05, 4.69) is 22.7 Å². The third-order valence-electron chi connectivity index (χ3n) is 4.55. The molecular weight excluding hydrogens is 288 g/mol. The van der Waals surface area contributed by atoms with Crippen molar-refractivity contribution in [1.29, 1.82) is 0 Å². The first-order valence-electron chi connectivity index (χ1n) is 8.35. The van der Waals surface area contributed by atoms with Crippen LogP contribution in [0.25, 0.3) is 5.69 Å². The van der Waals surface area contributed by atoms with Gasteiger partial charge in [-0.05, 0) is 36.8 Å². The molecule has 0 bridgehead atoms. The Morgan fingerprint density at radius 1 is 1.22 bits per heavy atom. The Labute approximate surface area is 137 Å². The highest BCUT2D eigenvalue weighted by Crippen LogP contribution is 2.27. The second-order valence-electron chi connectivity index (χ2n) is 6.47. The molecule has 23 heavy (non-hydrogen) atoms. The summed E-state index contributed by atoms with van der Waals surface area (Å²) >= 11 is 0. The van der Waals surface area contributed by atoms with Crippen LogP contribution >= 0.6 is 0 Å². The van der Waals surface area contributed by atoms with E-state index in [4.69, 9.17) is 0 Å². The summed E-state index contributed by atoms with van der Waals surface area (Å²) in [7, 11) is 0. The number of anilines is 1. The van der Waals surface area contributed by atoms with Gasteiger partial charge < -0.3 is 10.6 Å². The van der Waals surface area contributed by atoms with Gasteiger partial charge >= 0.3 is 6.03 Å². The van der Waals surface area contributed by atoms with E-state index in [-0.39, 0.29) is 6.03 Å². The first kappa shape index (κ1) is 15.6. The van der Waals surface area contributed by atoms with Crippen molar-refractivity contribution in [3.63, 3.8) is 0 Å². The Balaban J connectivity index is 1.48. The molecule has 0 spiro atoms. The molecule has 1 saturated carbocycles. The highest BCUT2D eigenvalue weighted by atomic mass is 16.2. The first-order valence-corrected chi connectivity index (χ1v) is 8.35. The minimum atomic E-state index is -0.156. The molecule has 1 aliphatic carbocycles. The molecule has 1 aliphatic rings. The number of carbonyl (C=O) groups excluding carboxylic acids is 1. The molecule has 3 rings (SSSR count). The van der Waals surface area contributed by atoms with Crippen LogP contribution in [0.3, 0.4) is 0 Å². The quantitative estimate of drug-likeness (QED) is 0.901. The summed E-state index contributed by atoms with van der Waals surface area (Å²) in [4.78, 5) is 12.0. The second-order valence-corrected chi connectivity index (χ2v) is 6.47. The van der Waals surface area contributed by atoms with Crippen LogP contribution in [0.1, 0.15) is 32.6 Å². The van der Waals surface area contributed by atoms with Gasteiger partial charge in [-0.1, -0.05) is 38.0 Å². The largest absolute Gasteiger partial charge is 0.338 e. The number of urea groups is 1. The fourth-order valence-electron chi connectivity index (χ4n) is 3.05. The summed E-state index contributed by atoms with van der Waals surface area (Å²) in [6.07, 6.45) is 8.46. The Hall–Kier alpha value is -2.30. The van der Waals surface area contributed by atoms with Crippen LogP contribution in [0.5, 0.6) is 0 Å². The molecule has 1 aromatic heterocycles. The average Bonchev–Trinajstić information content (AvgIpc) is 3.04. The number of hydrogen-bond acceptors (Lipinski definition) is 2. The van der Waals surface area contributed by atoms with Gasteiger partial charge in [-0.15, -0.1) is 0 Å². The second kappa shape index (κ2) is 7.31. The predicted octanol–water partition coefficient (Wildman–Crippen LogP) is 3.82. The molecule has 5 nitrogen and oxygen atoms in total. The summed E-state index contributed by atoms with van der Waals surface area (Å²) in [5.41, 5.74) is 1.67. The van der Waals surface area contributed by atoms with Gasteiger partial charge in [-0.2, -0.15) is 5.10 Å². The maximum atomic E-state index is 12.0. The van der Waals surface area contributed by atoms with Gasteiger partial charge in [0, 0.05) is 6.54 Å². The molecule has 0 aliphatic heterocycles. The van der Waals surface area contributed by atoms with Crippen LogP contribution in [0.2, 0.25) is 0 Å². The SMILES string of the molecule is CC1CCC(CNC(=O)Nc2cnn(-c3ccccc3)c2)CC1. The first-order chi connectivity index (χ1) is 11.2. The van der Waals surface area contributed by atoms with E-state index >= 15 is 0 Å². The molecule has 122 valence electrons. The molecule has 0 saturated heterocycles. The van der Waals surface area contributed by atoms with E-state index in [0.717, 1.165) is 18.2 Å². The van der Waals surface area contributed by atoms with Crippen molar-refractivity contribution in [3.8, 4) is 5.69 Å². The van der Waals surface area contributed by atoms with E-state index < -0.39 is 0 Å². The van der Waals surface area contributed by atoms with Crippen LogP contribution in [-0.2, 0) is 0 Å². The molecule has 2 N–H and O–H groups in total. The Morgan fingerprint density at radius 2 is 1.96 bits per heavy atom. The number of hydrogen-bond donors (Lipinski definition) is 2. The standard InChI is InChI=1S/C18H24N4O/c1-14-7-9-15(10-8-14)11-19-18(23)21-16-12-20-22(13-16)17-5-3-2-4-6-17/h2-6,12-15H,7-11H2,1H3,(H2,19,21,23). The van der Waals surface area contributed by atoms with Gasteiger partial charge in [-0.3, -0.25) is 0 Å². The Kier molecular flexibility index (Phi) is 4.95. The van der Waals surface area contributed by atoms with Crippen molar-refractivity contribution >= 4 is 11.7 Å². The molecule has 2 aromatic rings. The van der Waals surface area contributed by atoms with Gasteiger partial charge in [0.15, 0.2) is 0 Å². The maximum Gasteiger partial charge on any atom is 0.319 e. The summed E-state index contributed by atoms with van der Waals surface area (Å²) in [5, 5.41) is 10.1. The Bertz CT molecular complexity index is 629. The summed E-state index contributed by atoms with van der Waals surface area (Å²) in [6, 6.07) is 9.67. The number of amides is 2. The number of rotatable bonds is 4. The number of aromatic nitrogens is 2. The fraction of sp³-hybridized carbons (Fsp3) is 0.444. The van der Waals surface area contributed by atoms with Crippen LogP contribution in [0, 0.1) is 11.8 Å². The van der Waals surface area contributed by atoms with E-state index in [9.17, 15) is 4.79 Å². The van der Waals surface area contributed by atoms with Gasteiger partial charge in [0.2, 0.25) is 0 Å². The van der Waals surface area contributed by atoms with Crippen molar-refractivity contribution < 1.29 is 4.79 Å². The van der Waals surface area contributed by atoms with Crippen molar-refractivity contribution in [2.24, 2.45) is 11.8 Å². The molecule has 1 heterocycles. The lowest BCUT2D eigenvalue weighted by Crippen LogP contribution is -2.34. The highest BCUT2D eigenvalue weighted by molar-refractivity contribution is 5.88. The van der Waals surface area contributed by atoms with Crippen LogP contribution < -0.4 is 10.6 Å². The highest BCUT2D eigenvalue weighted by Gasteiger charge is 2.18. The van der Waals surface area contributed by atoms with Crippen LogP contribution in [-0.4, -0.2) is 22.4 Å². The third-order valence-corrected chi connectivity index (χ3v) is 4.55. The van der Waals surface area contributed by atoms with E-state index in [0.29, 0.717) is 11.6 Å². The van der Waals surface area contributed by atoms with E-state index in [1.165, 1.54) is 25.7 Å². The lowest BCUT2D eigenvalue weighted by Gasteiger charge is -2.26. The van der Waals surface area contributed by atoms with Crippen LogP contribution in [0.15, 0.2) is 42.7 Å². The van der Waals surface area contributed by atoms with E-state index in [1.54, 1.807) is 10.9 Å². The maximum absolute atomic E-state index is 12.0. The van der Waals surface area contributed by atoms with Gasteiger partial charge in [-0.25, -0.2) is 9.48 Å². The zero-order valence-corrected chi connectivity index (χ0v) is 13.5. The molecule has 0 unspecified atom stereocenters. The minimum absolute atomic E-state index is 0.156. The number of nitrogens with one attached hydrogen (secondary N) is 2. The van der Waals surface area contributed by atoms with Crippen LogP contribution in [0.4, 0.5) is 10.5 Å². The number of nitrogens with zero attached hydrogens (tertiary/aromatic N) is 2. The molecular formula is C18H24N4O. The van der Waals surface area contributed by atoms with Gasteiger partial charge in [0.05, 0.1) is 23.8 Å².